The Morgan fingerprint density at radius 3 is 2.95 bits per heavy atom. The Balaban J connectivity index is 2.11. The molecule has 2 rings (SSSR count). The van der Waals surface area contributed by atoms with Gasteiger partial charge in [0.05, 0.1) is 6.54 Å². The van der Waals surface area contributed by atoms with E-state index in [0.29, 0.717) is 24.9 Å². The molecule has 0 aromatic carbocycles. The van der Waals surface area contributed by atoms with Gasteiger partial charge in [0.25, 0.3) is 0 Å². The second kappa shape index (κ2) is 6.49. The number of hydrogen-bond acceptors (Lipinski definition) is 6. The van der Waals surface area contributed by atoms with Gasteiger partial charge in [-0.2, -0.15) is 0 Å². The van der Waals surface area contributed by atoms with Gasteiger partial charge in [-0.05, 0) is 18.4 Å². The summed E-state index contributed by atoms with van der Waals surface area (Å²) in [5, 5.41) is 2.07. The highest BCUT2D eigenvalue weighted by molar-refractivity contribution is 7.09. The molecule has 0 atom stereocenters. The Kier molecular flexibility index (Phi) is 4.70. The van der Waals surface area contributed by atoms with E-state index in [1.807, 2.05) is 20.0 Å². The van der Waals surface area contributed by atoms with Crippen LogP contribution in [-0.4, -0.2) is 23.6 Å². The van der Waals surface area contributed by atoms with Crippen LogP contribution in [0.25, 0.3) is 0 Å². The van der Waals surface area contributed by atoms with Gasteiger partial charge in [0.2, 0.25) is 0 Å². The number of nitrogens with zero attached hydrogens (tertiary/aromatic N) is 3. The lowest BCUT2D eigenvalue weighted by atomic mass is 10.4. The fraction of sp³-hybridized carbons (Fsp3) is 0.385. The maximum atomic E-state index is 5.81. The predicted octanol–water partition coefficient (Wildman–Crippen LogP) is 2.29. The number of hydrogen-bond donors (Lipinski definition) is 1. The maximum absolute atomic E-state index is 5.81. The van der Waals surface area contributed by atoms with Crippen LogP contribution in [-0.2, 0) is 17.9 Å². The van der Waals surface area contributed by atoms with Crippen molar-refractivity contribution in [2.24, 2.45) is 0 Å². The van der Waals surface area contributed by atoms with Crippen molar-refractivity contribution in [3.63, 3.8) is 0 Å². The Hall–Kier alpha value is -1.66. The average molecular weight is 278 g/mol. The van der Waals surface area contributed by atoms with Gasteiger partial charge < -0.3 is 15.4 Å². The predicted molar refractivity (Wildman–Crippen MR) is 78.2 cm³/mol. The van der Waals surface area contributed by atoms with Crippen LogP contribution in [0.4, 0.5) is 11.6 Å². The average Bonchev–Trinajstić information content (AvgIpc) is 2.88. The van der Waals surface area contributed by atoms with Gasteiger partial charge in [0, 0.05) is 24.6 Å². The molecule has 19 heavy (non-hydrogen) atoms. The molecule has 0 aliphatic heterocycles. The van der Waals surface area contributed by atoms with Crippen molar-refractivity contribution >= 4 is 23.0 Å². The molecule has 0 unspecified atom stereocenters. The topological polar surface area (TPSA) is 64.3 Å². The van der Waals surface area contributed by atoms with Gasteiger partial charge in [-0.15, -0.1) is 11.3 Å². The highest BCUT2D eigenvalue weighted by Gasteiger charge is 2.08. The quantitative estimate of drug-likeness (QED) is 0.878. The Bertz CT molecular complexity index is 515. The third kappa shape index (κ3) is 3.90. The highest BCUT2D eigenvalue weighted by Crippen LogP contribution is 2.18. The van der Waals surface area contributed by atoms with Crippen molar-refractivity contribution < 1.29 is 4.74 Å². The molecule has 5 nitrogen and oxygen atoms in total. The molecule has 6 heteroatoms. The zero-order valence-corrected chi connectivity index (χ0v) is 12.0. The smallest absolute Gasteiger partial charge is 0.158 e. The number of nitrogen functional groups attached to an aromatic ring is 1. The van der Waals surface area contributed by atoms with Gasteiger partial charge in [-0.3, -0.25) is 0 Å². The van der Waals surface area contributed by atoms with E-state index in [4.69, 9.17) is 10.5 Å². The summed E-state index contributed by atoms with van der Waals surface area (Å²) in [4.78, 5) is 12.0. The molecule has 0 amide bonds. The van der Waals surface area contributed by atoms with Crippen LogP contribution in [0.5, 0.6) is 0 Å². The van der Waals surface area contributed by atoms with E-state index in [1.165, 1.54) is 4.88 Å². The lowest BCUT2D eigenvalue weighted by Gasteiger charge is -2.18. The molecule has 102 valence electrons. The van der Waals surface area contributed by atoms with E-state index in [1.54, 1.807) is 17.4 Å². The van der Waals surface area contributed by atoms with Gasteiger partial charge in [0.15, 0.2) is 5.82 Å². The molecule has 2 aromatic heterocycles. The van der Waals surface area contributed by atoms with Gasteiger partial charge in [0.1, 0.15) is 18.2 Å². The minimum atomic E-state index is 0.390. The van der Waals surface area contributed by atoms with E-state index in [-0.39, 0.29) is 0 Å². The number of anilines is 2. The van der Waals surface area contributed by atoms with Crippen molar-refractivity contribution in [1.29, 1.82) is 0 Å². The van der Waals surface area contributed by atoms with Gasteiger partial charge in [-0.1, -0.05) is 6.07 Å². The molecule has 0 spiro atoms. The summed E-state index contributed by atoms with van der Waals surface area (Å²) in [6.07, 6.45) is 0. The van der Waals surface area contributed by atoms with Crippen molar-refractivity contribution in [2.45, 2.75) is 20.1 Å². The van der Waals surface area contributed by atoms with Crippen LogP contribution in [0.3, 0.4) is 0 Å². The molecule has 0 fully saturated rings. The molecule has 2 aromatic rings. The summed E-state index contributed by atoms with van der Waals surface area (Å²) < 4.78 is 5.32. The largest absolute Gasteiger partial charge is 0.384 e. The van der Waals surface area contributed by atoms with Crippen LogP contribution in [0.1, 0.15) is 17.6 Å². The molecule has 0 aliphatic carbocycles. The Morgan fingerprint density at radius 1 is 1.42 bits per heavy atom. The second-order valence-electron chi connectivity index (χ2n) is 4.14. The zero-order chi connectivity index (χ0) is 13.7. The first kappa shape index (κ1) is 13.8. The lowest BCUT2D eigenvalue weighted by molar-refractivity contribution is 0.128. The Morgan fingerprint density at radius 2 is 2.26 bits per heavy atom. The van der Waals surface area contributed by atoms with Crippen molar-refractivity contribution in [2.75, 3.05) is 24.3 Å². The number of aromatic nitrogens is 2. The molecule has 2 N–H and O–H groups in total. The molecule has 0 radical (unpaired) electrons. The third-order valence-corrected chi connectivity index (χ3v) is 3.44. The number of thiophene rings is 1. The van der Waals surface area contributed by atoms with Crippen LogP contribution >= 0.6 is 11.3 Å². The molecule has 0 aliphatic rings. The monoisotopic (exact) mass is 278 g/mol. The first-order valence-electron chi connectivity index (χ1n) is 6.13. The highest BCUT2D eigenvalue weighted by atomic mass is 32.1. The molecule has 0 saturated heterocycles. The van der Waals surface area contributed by atoms with E-state index in [2.05, 4.69) is 26.3 Å². The molecule has 0 bridgehead atoms. The number of rotatable bonds is 6. The van der Waals surface area contributed by atoms with Crippen LogP contribution in [0.2, 0.25) is 0 Å². The van der Waals surface area contributed by atoms with Crippen molar-refractivity contribution in [3.8, 4) is 0 Å². The summed E-state index contributed by atoms with van der Waals surface area (Å²) in [5.41, 5.74) is 5.81. The molecular formula is C13H18N4OS. The minimum Gasteiger partial charge on any atom is -0.384 e. The normalized spacial score (nSPS) is 10.6. The summed E-state index contributed by atoms with van der Waals surface area (Å²) in [7, 11) is 1.99. The lowest BCUT2D eigenvalue weighted by Crippen LogP contribution is -2.18. The summed E-state index contributed by atoms with van der Waals surface area (Å²) in [6, 6.07) is 5.93. The van der Waals surface area contributed by atoms with E-state index < -0.39 is 0 Å². The number of nitrogens with two attached hydrogens (primary N) is 1. The second-order valence-corrected chi connectivity index (χ2v) is 5.17. The van der Waals surface area contributed by atoms with Crippen LogP contribution in [0, 0.1) is 0 Å². The maximum Gasteiger partial charge on any atom is 0.158 e. The minimum absolute atomic E-state index is 0.390. The standard InChI is InChI=1S/C13H18N4OS/c1-3-18-9-12-15-11(14)7-13(16-12)17(2)8-10-5-4-6-19-10/h4-7H,3,8-9H2,1-2H3,(H2,14,15,16). The first-order valence-corrected chi connectivity index (χ1v) is 7.01. The number of ether oxygens (including phenoxy) is 1. The van der Waals surface area contributed by atoms with Gasteiger partial charge in [-0.25, -0.2) is 9.97 Å². The van der Waals surface area contributed by atoms with E-state index in [0.717, 1.165) is 12.4 Å². The fourth-order valence-electron chi connectivity index (χ4n) is 1.67. The fourth-order valence-corrected chi connectivity index (χ4v) is 2.43. The van der Waals surface area contributed by atoms with Crippen molar-refractivity contribution in [1.82, 2.24) is 9.97 Å². The van der Waals surface area contributed by atoms with E-state index >= 15 is 0 Å². The first-order chi connectivity index (χ1) is 9.19. The summed E-state index contributed by atoms with van der Waals surface area (Å²) >= 11 is 1.73. The summed E-state index contributed by atoms with van der Waals surface area (Å²) in [5.74, 6) is 1.91. The molecule has 2 heterocycles. The Labute approximate surface area is 117 Å². The SMILES string of the molecule is CCOCc1nc(N)cc(N(C)Cc2cccs2)n1. The van der Waals surface area contributed by atoms with Crippen molar-refractivity contribution in [3.05, 3.63) is 34.3 Å². The van der Waals surface area contributed by atoms with E-state index in [9.17, 15) is 0 Å². The molecule has 0 saturated carbocycles. The van der Waals surface area contributed by atoms with Gasteiger partial charge >= 0.3 is 0 Å². The summed E-state index contributed by atoms with van der Waals surface area (Å²) in [6.45, 7) is 3.78. The third-order valence-electron chi connectivity index (χ3n) is 2.58. The van der Waals surface area contributed by atoms with Crippen LogP contribution < -0.4 is 10.6 Å². The van der Waals surface area contributed by atoms with Crippen LogP contribution in [0.15, 0.2) is 23.6 Å². The zero-order valence-electron chi connectivity index (χ0n) is 11.2. The molecular weight excluding hydrogens is 260 g/mol.